The monoisotopic (exact) mass is 303 g/mol. The van der Waals surface area contributed by atoms with Gasteiger partial charge in [0.15, 0.2) is 0 Å². The smallest absolute Gasteiger partial charge is 0.251 e. The van der Waals surface area contributed by atoms with Gasteiger partial charge < -0.3 is 16.4 Å². The topological polar surface area (TPSA) is 67.2 Å². The number of thiophene rings is 1. The number of nitrogen functional groups attached to an aromatic ring is 1. The Bertz CT molecular complexity index is 629. The lowest BCUT2D eigenvalue weighted by molar-refractivity contribution is 0.0956. The number of aryl methyl sites for hydroxylation is 2. The van der Waals surface area contributed by atoms with Crippen molar-refractivity contribution < 1.29 is 4.79 Å². The van der Waals surface area contributed by atoms with Crippen LogP contribution >= 0.6 is 11.3 Å². The summed E-state index contributed by atoms with van der Waals surface area (Å²) in [7, 11) is 0. The summed E-state index contributed by atoms with van der Waals surface area (Å²) in [5, 5.41) is 6.08. The van der Waals surface area contributed by atoms with Gasteiger partial charge in [0.05, 0.1) is 11.4 Å². The summed E-state index contributed by atoms with van der Waals surface area (Å²) in [6, 6.07) is 7.53. The van der Waals surface area contributed by atoms with Crippen LogP contribution in [0.2, 0.25) is 0 Å². The molecule has 1 amide bonds. The van der Waals surface area contributed by atoms with Crippen LogP contribution in [0.1, 0.15) is 32.6 Å². The quantitative estimate of drug-likeness (QED) is 0.742. The van der Waals surface area contributed by atoms with Crippen LogP contribution in [0.5, 0.6) is 0 Å². The van der Waals surface area contributed by atoms with Gasteiger partial charge in [-0.2, -0.15) is 0 Å². The number of nitrogens with one attached hydrogen (secondary N) is 2. The number of carbonyl (C=O) groups excluding carboxylic acids is 1. The Morgan fingerprint density at radius 2 is 2.05 bits per heavy atom. The number of carbonyl (C=O) groups is 1. The molecule has 2 aromatic rings. The summed E-state index contributed by atoms with van der Waals surface area (Å²) in [6.45, 7) is 7.48. The Morgan fingerprint density at radius 3 is 2.62 bits per heavy atom. The SMILES string of the molecule is CCNC(=O)c1ccc(NCc2cc(C)c(C)s2)c(N)c1. The van der Waals surface area contributed by atoms with Crippen LogP contribution in [0, 0.1) is 13.8 Å². The number of benzene rings is 1. The lowest BCUT2D eigenvalue weighted by Gasteiger charge is -2.10. The van der Waals surface area contributed by atoms with Crippen molar-refractivity contribution in [3.05, 3.63) is 45.1 Å². The minimum absolute atomic E-state index is 0.0970. The van der Waals surface area contributed by atoms with E-state index in [1.807, 2.05) is 13.0 Å². The standard InChI is InChI=1S/C16H21N3OS/c1-4-18-16(20)12-5-6-15(14(17)8-12)19-9-13-7-10(2)11(3)21-13/h5-8,19H,4,9,17H2,1-3H3,(H,18,20). The molecule has 1 aromatic heterocycles. The van der Waals surface area contributed by atoms with Crippen molar-refractivity contribution >= 4 is 28.6 Å². The summed E-state index contributed by atoms with van der Waals surface area (Å²) < 4.78 is 0. The van der Waals surface area contributed by atoms with Crippen molar-refractivity contribution in [2.45, 2.75) is 27.3 Å². The van der Waals surface area contributed by atoms with Gasteiger partial charge in [-0.25, -0.2) is 0 Å². The molecule has 112 valence electrons. The Labute approximate surface area is 129 Å². The molecule has 0 aliphatic carbocycles. The summed E-state index contributed by atoms with van der Waals surface area (Å²) in [5.41, 5.74) is 9.36. The largest absolute Gasteiger partial charge is 0.397 e. The Morgan fingerprint density at radius 1 is 1.29 bits per heavy atom. The highest BCUT2D eigenvalue weighted by molar-refractivity contribution is 7.12. The van der Waals surface area contributed by atoms with E-state index in [9.17, 15) is 4.79 Å². The molecule has 21 heavy (non-hydrogen) atoms. The fourth-order valence-electron chi connectivity index (χ4n) is 2.05. The van der Waals surface area contributed by atoms with Crippen LogP contribution in [0.25, 0.3) is 0 Å². The van der Waals surface area contributed by atoms with Crippen LogP contribution in [-0.4, -0.2) is 12.5 Å². The fraction of sp³-hybridized carbons (Fsp3) is 0.312. The highest BCUT2D eigenvalue weighted by Gasteiger charge is 2.08. The maximum absolute atomic E-state index is 11.7. The molecule has 2 rings (SSSR count). The van der Waals surface area contributed by atoms with E-state index in [0.29, 0.717) is 17.8 Å². The molecule has 0 saturated carbocycles. The van der Waals surface area contributed by atoms with Crippen molar-refractivity contribution in [2.24, 2.45) is 0 Å². The predicted octanol–water partition coefficient (Wildman–Crippen LogP) is 3.31. The van der Waals surface area contributed by atoms with E-state index in [4.69, 9.17) is 5.73 Å². The molecule has 0 radical (unpaired) electrons. The van der Waals surface area contributed by atoms with Crippen LogP contribution < -0.4 is 16.4 Å². The second kappa shape index (κ2) is 6.63. The van der Waals surface area contributed by atoms with E-state index in [1.165, 1.54) is 15.3 Å². The number of nitrogens with two attached hydrogens (primary N) is 1. The molecule has 0 spiro atoms. The number of anilines is 2. The molecule has 1 aromatic carbocycles. The van der Waals surface area contributed by atoms with Crippen molar-refractivity contribution in [1.29, 1.82) is 0 Å². The molecule has 0 bridgehead atoms. The number of hydrogen-bond donors (Lipinski definition) is 3. The summed E-state index contributed by atoms with van der Waals surface area (Å²) in [5.74, 6) is -0.0970. The molecule has 0 aliphatic heterocycles. The maximum Gasteiger partial charge on any atom is 0.251 e. The Kier molecular flexibility index (Phi) is 4.85. The first kappa shape index (κ1) is 15.4. The molecule has 0 unspecified atom stereocenters. The van der Waals surface area contributed by atoms with E-state index < -0.39 is 0 Å². The predicted molar refractivity (Wildman–Crippen MR) is 90.0 cm³/mol. The van der Waals surface area contributed by atoms with E-state index in [1.54, 1.807) is 23.5 Å². The van der Waals surface area contributed by atoms with Crippen LogP contribution in [0.3, 0.4) is 0 Å². The third kappa shape index (κ3) is 3.76. The van der Waals surface area contributed by atoms with E-state index in [0.717, 1.165) is 12.2 Å². The molecule has 1 heterocycles. The van der Waals surface area contributed by atoms with Gasteiger partial charge in [0, 0.05) is 28.4 Å². The van der Waals surface area contributed by atoms with Crippen molar-refractivity contribution in [2.75, 3.05) is 17.6 Å². The third-order valence-electron chi connectivity index (χ3n) is 3.32. The van der Waals surface area contributed by atoms with Gasteiger partial charge in [-0.1, -0.05) is 0 Å². The molecule has 0 fully saturated rings. The van der Waals surface area contributed by atoms with Gasteiger partial charge in [-0.15, -0.1) is 11.3 Å². The van der Waals surface area contributed by atoms with Crippen LogP contribution in [-0.2, 0) is 6.54 Å². The Balaban J connectivity index is 2.05. The molecule has 5 heteroatoms. The first-order valence-electron chi connectivity index (χ1n) is 6.98. The first-order valence-corrected chi connectivity index (χ1v) is 7.80. The lowest BCUT2D eigenvalue weighted by Crippen LogP contribution is -2.22. The van der Waals surface area contributed by atoms with Gasteiger partial charge >= 0.3 is 0 Å². The first-order chi connectivity index (χ1) is 10.0. The Hall–Kier alpha value is -2.01. The number of hydrogen-bond acceptors (Lipinski definition) is 4. The van der Waals surface area contributed by atoms with Crippen molar-refractivity contribution in [3.63, 3.8) is 0 Å². The minimum atomic E-state index is -0.0970. The van der Waals surface area contributed by atoms with Crippen LogP contribution in [0.15, 0.2) is 24.3 Å². The molecule has 0 atom stereocenters. The molecular weight excluding hydrogens is 282 g/mol. The van der Waals surface area contributed by atoms with Crippen LogP contribution in [0.4, 0.5) is 11.4 Å². The molecule has 0 aliphatic rings. The van der Waals surface area contributed by atoms with E-state index in [-0.39, 0.29) is 5.91 Å². The zero-order valence-electron chi connectivity index (χ0n) is 12.6. The zero-order valence-corrected chi connectivity index (χ0v) is 13.4. The van der Waals surface area contributed by atoms with Gasteiger partial charge in [0.25, 0.3) is 5.91 Å². The molecular formula is C16H21N3OS. The third-order valence-corrected chi connectivity index (χ3v) is 4.47. The fourth-order valence-corrected chi connectivity index (χ4v) is 3.04. The second-order valence-electron chi connectivity index (χ2n) is 4.97. The highest BCUT2D eigenvalue weighted by Crippen LogP contribution is 2.24. The normalized spacial score (nSPS) is 10.4. The zero-order chi connectivity index (χ0) is 15.4. The average Bonchev–Trinajstić information content (AvgIpc) is 2.76. The summed E-state index contributed by atoms with van der Waals surface area (Å²) in [4.78, 5) is 14.4. The minimum Gasteiger partial charge on any atom is -0.397 e. The number of rotatable bonds is 5. The molecule has 4 N–H and O–H groups in total. The average molecular weight is 303 g/mol. The van der Waals surface area contributed by atoms with E-state index >= 15 is 0 Å². The van der Waals surface area contributed by atoms with Gasteiger partial charge in [-0.3, -0.25) is 4.79 Å². The molecule has 4 nitrogen and oxygen atoms in total. The van der Waals surface area contributed by atoms with Gasteiger partial charge in [-0.05, 0) is 50.6 Å². The second-order valence-corrected chi connectivity index (χ2v) is 6.31. The summed E-state index contributed by atoms with van der Waals surface area (Å²) in [6.07, 6.45) is 0. The highest BCUT2D eigenvalue weighted by atomic mass is 32.1. The summed E-state index contributed by atoms with van der Waals surface area (Å²) >= 11 is 1.79. The number of amides is 1. The van der Waals surface area contributed by atoms with Gasteiger partial charge in [0.1, 0.15) is 0 Å². The lowest BCUT2D eigenvalue weighted by atomic mass is 10.1. The maximum atomic E-state index is 11.7. The van der Waals surface area contributed by atoms with Crippen molar-refractivity contribution in [3.8, 4) is 0 Å². The van der Waals surface area contributed by atoms with Crippen molar-refractivity contribution in [1.82, 2.24) is 5.32 Å². The van der Waals surface area contributed by atoms with E-state index in [2.05, 4.69) is 30.5 Å². The molecule has 0 saturated heterocycles. The van der Waals surface area contributed by atoms with Gasteiger partial charge in [0.2, 0.25) is 0 Å².